The van der Waals surface area contributed by atoms with Gasteiger partial charge in [-0.3, -0.25) is 9.78 Å². The highest BCUT2D eigenvalue weighted by Gasteiger charge is 2.27. The first-order valence-corrected chi connectivity index (χ1v) is 8.87. The zero-order valence-electron chi connectivity index (χ0n) is 14.7. The molecule has 1 amide bonds. The minimum atomic E-state index is -0.0699. The number of para-hydroxylation sites is 2. The van der Waals surface area contributed by atoms with Crippen LogP contribution in [0.5, 0.6) is 0 Å². The van der Waals surface area contributed by atoms with Gasteiger partial charge in [0.05, 0.1) is 17.2 Å². The first kappa shape index (κ1) is 16.4. The fourth-order valence-corrected chi connectivity index (χ4v) is 3.43. The summed E-state index contributed by atoms with van der Waals surface area (Å²) in [5.41, 5.74) is 1.95. The molecule has 1 fully saturated rings. The summed E-state index contributed by atoms with van der Waals surface area (Å²) < 4.78 is 0. The van der Waals surface area contributed by atoms with Crippen LogP contribution in [0.1, 0.15) is 23.3 Å². The summed E-state index contributed by atoms with van der Waals surface area (Å²) in [6.07, 6.45) is 5.22. The summed E-state index contributed by atoms with van der Waals surface area (Å²) in [4.78, 5) is 30.2. The molecule has 26 heavy (non-hydrogen) atoms. The number of aromatic nitrogens is 3. The molecule has 4 rings (SSSR count). The molecule has 1 saturated heterocycles. The highest BCUT2D eigenvalue weighted by Crippen LogP contribution is 2.21. The number of pyridine rings is 1. The Labute approximate surface area is 152 Å². The maximum atomic E-state index is 12.8. The summed E-state index contributed by atoms with van der Waals surface area (Å²) in [5.74, 6) is 0.930. The van der Waals surface area contributed by atoms with Crippen molar-refractivity contribution in [1.29, 1.82) is 0 Å². The van der Waals surface area contributed by atoms with Crippen molar-refractivity contribution < 1.29 is 4.79 Å². The summed E-state index contributed by atoms with van der Waals surface area (Å²) in [6, 6.07) is 13.8. The van der Waals surface area contributed by atoms with Crippen LogP contribution >= 0.6 is 0 Å². The Morgan fingerprint density at radius 2 is 1.77 bits per heavy atom. The molecule has 132 valence electrons. The summed E-state index contributed by atoms with van der Waals surface area (Å²) >= 11 is 0. The van der Waals surface area contributed by atoms with E-state index in [0.717, 1.165) is 42.8 Å². The van der Waals surface area contributed by atoms with E-state index in [0.29, 0.717) is 5.69 Å². The van der Waals surface area contributed by atoms with Crippen molar-refractivity contribution in [3.63, 3.8) is 0 Å². The number of benzene rings is 1. The number of anilines is 1. The van der Waals surface area contributed by atoms with E-state index in [1.807, 2.05) is 60.6 Å². The van der Waals surface area contributed by atoms with E-state index in [1.54, 1.807) is 6.20 Å². The van der Waals surface area contributed by atoms with Gasteiger partial charge in [0.1, 0.15) is 11.5 Å². The molecule has 3 heterocycles. The van der Waals surface area contributed by atoms with E-state index in [4.69, 9.17) is 0 Å². The van der Waals surface area contributed by atoms with Crippen LogP contribution in [0.3, 0.4) is 0 Å². The smallest absolute Gasteiger partial charge is 0.274 e. The normalized spacial score (nSPS) is 15.2. The lowest BCUT2D eigenvalue weighted by molar-refractivity contribution is 0.0703. The van der Waals surface area contributed by atoms with Crippen LogP contribution < -0.4 is 4.90 Å². The first-order valence-electron chi connectivity index (χ1n) is 8.87. The lowest BCUT2D eigenvalue weighted by Crippen LogP contribution is -2.46. The summed E-state index contributed by atoms with van der Waals surface area (Å²) in [5, 5.41) is 0. The fourth-order valence-electron chi connectivity index (χ4n) is 3.43. The number of hydrogen-bond donors (Lipinski definition) is 0. The molecular weight excluding hydrogens is 326 g/mol. The standard InChI is InChI=1S/C20H21N5O/c1-24(15-9-12-25(13-10-15)19-8-4-5-11-21-19)20(26)18-14-22-16-6-2-3-7-17(16)23-18/h2-8,11,14-15H,9-10,12-13H2,1H3. The lowest BCUT2D eigenvalue weighted by Gasteiger charge is -2.37. The van der Waals surface area contributed by atoms with Crippen LogP contribution in [0.2, 0.25) is 0 Å². The van der Waals surface area contributed by atoms with Gasteiger partial charge in [-0.25, -0.2) is 9.97 Å². The number of amides is 1. The number of carbonyl (C=O) groups excluding carboxylic acids is 1. The van der Waals surface area contributed by atoms with Crippen molar-refractivity contribution in [1.82, 2.24) is 19.9 Å². The van der Waals surface area contributed by atoms with Gasteiger partial charge in [0.25, 0.3) is 5.91 Å². The molecule has 0 aliphatic carbocycles. The van der Waals surface area contributed by atoms with Crippen LogP contribution in [0.15, 0.2) is 54.9 Å². The second-order valence-corrected chi connectivity index (χ2v) is 6.57. The first-order chi connectivity index (χ1) is 12.7. The number of nitrogens with zero attached hydrogens (tertiary/aromatic N) is 5. The number of fused-ring (bicyclic) bond motifs is 1. The highest BCUT2D eigenvalue weighted by molar-refractivity contribution is 5.93. The number of hydrogen-bond acceptors (Lipinski definition) is 5. The minimum Gasteiger partial charge on any atom is -0.356 e. The molecule has 6 heteroatoms. The van der Waals surface area contributed by atoms with E-state index in [-0.39, 0.29) is 11.9 Å². The maximum Gasteiger partial charge on any atom is 0.274 e. The molecule has 1 aliphatic rings. The fraction of sp³-hybridized carbons (Fsp3) is 0.300. The third kappa shape index (κ3) is 3.22. The molecule has 0 radical (unpaired) electrons. The van der Waals surface area contributed by atoms with Gasteiger partial charge < -0.3 is 9.80 Å². The van der Waals surface area contributed by atoms with Crippen molar-refractivity contribution in [2.75, 3.05) is 25.0 Å². The van der Waals surface area contributed by atoms with Crippen molar-refractivity contribution in [2.45, 2.75) is 18.9 Å². The average molecular weight is 347 g/mol. The zero-order chi connectivity index (χ0) is 17.9. The average Bonchev–Trinajstić information content (AvgIpc) is 2.73. The van der Waals surface area contributed by atoms with Crippen LogP contribution in [0.4, 0.5) is 5.82 Å². The summed E-state index contributed by atoms with van der Waals surface area (Å²) in [7, 11) is 1.86. The van der Waals surface area contributed by atoms with Gasteiger partial charge in [-0.2, -0.15) is 0 Å². The van der Waals surface area contributed by atoms with Crippen molar-refractivity contribution in [3.05, 3.63) is 60.6 Å². The maximum absolute atomic E-state index is 12.8. The molecule has 0 bridgehead atoms. The molecular formula is C20H21N5O. The third-order valence-electron chi connectivity index (χ3n) is 4.97. The van der Waals surface area contributed by atoms with Crippen molar-refractivity contribution in [2.24, 2.45) is 0 Å². The Balaban J connectivity index is 1.44. The van der Waals surface area contributed by atoms with E-state index in [1.165, 1.54) is 0 Å². The van der Waals surface area contributed by atoms with Crippen LogP contribution in [-0.2, 0) is 0 Å². The van der Waals surface area contributed by atoms with E-state index in [2.05, 4.69) is 19.9 Å². The predicted octanol–water partition coefficient (Wildman–Crippen LogP) is 2.77. The van der Waals surface area contributed by atoms with Crippen LogP contribution in [-0.4, -0.2) is 51.9 Å². The monoisotopic (exact) mass is 347 g/mol. The second-order valence-electron chi connectivity index (χ2n) is 6.57. The Morgan fingerprint density at radius 3 is 2.50 bits per heavy atom. The molecule has 1 aliphatic heterocycles. The second kappa shape index (κ2) is 7.07. The molecule has 0 atom stereocenters. The Kier molecular flexibility index (Phi) is 4.48. The SMILES string of the molecule is CN(C(=O)c1cnc2ccccc2n1)C1CCN(c2ccccn2)CC1. The van der Waals surface area contributed by atoms with Gasteiger partial charge in [0, 0.05) is 32.4 Å². The van der Waals surface area contributed by atoms with Gasteiger partial charge in [-0.1, -0.05) is 18.2 Å². The van der Waals surface area contributed by atoms with Crippen molar-refractivity contribution in [3.8, 4) is 0 Å². The topological polar surface area (TPSA) is 62.2 Å². The van der Waals surface area contributed by atoms with Gasteiger partial charge >= 0.3 is 0 Å². The quantitative estimate of drug-likeness (QED) is 0.729. The number of rotatable bonds is 3. The van der Waals surface area contributed by atoms with Crippen LogP contribution in [0, 0.1) is 0 Å². The minimum absolute atomic E-state index is 0.0699. The molecule has 0 N–H and O–H groups in total. The van der Waals surface area contributed by atoms with E-state index < -0.39 is 0 Å². The molecule has 2 aromatic heterocycles. The molecule has 0 spiro atoms. The number of piperidine rings is 1. The highest BCUT2D eigenvalue weighted by atomic mass is 16.2. The molecule has 0 unspecified atom stereocenters. The van der Waals surface area contributed by atoms with Gasteiger partial charge in [-0.05, 0) is 37.1 Å². The number of carbonyl (C=O) groups is 1. The molecule has 0 saturated carbocycles. The molecule has 6 nitrogen and oxygen atoms in total. The lowest BCUT2D eigenvalue weighted by atomic mass is 10.0. The van der Waals surface area contributed by atoms with E-state index in [9.17, 15) is 4.79 Å². The van der Waals surface area contributed by atoms with Crippen molar-refractivity contribution >= 4 is 22.8 Å². The van der Waals surface area contributed by atoms with Gasteiger partial charge in [0.2, 0.25) is 0 Å². The predicted molar refractivity (Wildman–Crippen MR) is 101 cm³/mol. The van der Waals surface area contributed by atoms with Gasteiger partial charge in [-0.15, -0.1) is 0 Å². The van der Waals surface area contributed by atoms with Gasteiger partial charge in [0.15, 0.2) is 0 Å². The summed E-state index contributed by atoms with van der Waals surface area (Å²) in [6.45, 7) is 1.78. The molecule has 3 aromatic rings. The van der Waals surface area contributed by atoms with E-state index >= 15 is 0 Å². The Hall–Kier alpha value is -3.02. The Bertz CT molecular complexity index is 906. The third-order valence-corrected chi connectivity index (χ3v) is 4.97. The largest absolute Gasteiger partial charge is 0.356 e. The zero-order valence-corrected chi connectivity index (χ0v) is 14.7. The molecule has 1 aromatic carbocycles. The van der Waals surface area contributed by atoms with Crippen LogP contribution in [0.25, 0.3) is 11.0 Å². The Morgan fingerprint density at radius 1 is 1.04 bits per heavy atom.